The second-order valence-corrected chi connectivity index (χ2v) is 4.90. The van der Waals surface area contributed by atoms with E-state index in [0.717, 1.165) is 0 Å². The Hall–Kier alpha value is -1.31. The van der Waals surface area contributed by atoms with E-state index in [0.29, 0.717) is 11.2 Å². The van der Waals surface area contributed by atoms with Crippen molar-refractivity contribution in [2.75, 3.05) is 6.61 Å². The van der Waals surface area contributed by atoms with E-state index in [-0.39, 0.29) is 11.8 Å². The van der Waals surface area contributed by atoms with E-state index < -0.39 is 24.4 Å². The Morgan fingerprint density at radius 1 is 1.47 bits per heavy atom. The van der Waals surface area contributed by atoms with Crippen LogP contribution in [-0.2, 0) is 4.74 Å². The number of fused-ring (bicyclic) bond motifs is 1. The Morgan fingerprint density at radius 2 is 2.26 bits per heavy atom. The average Bonchev–Trinajstić information content (AvgIpc) is 2.94. The van der Waals surface area contributed by atoms with Crippen LogP contribution in [0.25, 0.3) is 11.2 Å². The molecule has 1 fully saturated rings. The molecule has 102 valence electrons. The normalized spacial score (nSPS) is 31.2. The summed E-state index contributed by atoms with van der Waals surface area (Å²) in [4.78, 5) is 11.9. The van der Waals surface area contributed by atoms with Crippen molar-refractivity contribution in [2.45, 2.75) is 25.4 Å². The van der Waals surface area contributed by atoms with Crippen molar-refractivity contribution in [1.29, 1.82) is 0 Å². The molecule has 6 nitrogen and oxygen atoms in total. The summed E-state index contributed by atoms with van der Waals surface area (Å²) in [6.07, 6.45) is 0.0774. The number of ether oxygens (including phenoxy) is 1. The van der Waals surface area contributed by atoms with Gasteiger partial charge in [0, 0.05) is 5.92 Å². The number of hydrogen-bond acceptors (Lipinski definition) is 5. The molecular formula is C11H12ClFN4O2. The molecule has 0 saturated carbocycles. The van der Waals surface area contributed by atoms with Gasteiger partial charge in [-0.1, -0.05) is 18.5 Å². The third kappa shape index (κ3) is 1.89. The van der Waals surface area contributed by atoms with Crippen LogP contribution in [0.4, 0.5) is 4.39 Å². The van der Waals surface area contributed by atoms with Gasteiger partial charge in [-0.3, -0.25) is 4.57 Å². The van der Waals surface area contributed by atoms with E-state index in [1.54, 1.807) is 6.92 Å². The van der Waals surface area contributed by atoms with Crippen LogP contribution in [-0.4, -0.2) is 43.5 Å². The fourth-order valence-electron chi connectivity index (χ4n) is 2.28. The Bertz CT molecular complexity index is 607. The minimum absolute atomic E-state index is 0.212. The molecule has 0 spiro atoms. The monoisotopic (exact) mass is 286 g/mol. The lowest BCUT2D eigenvalue weighted by Gasteiger charge is -2.15. The van der Waals surface area contributed by atoms with Crippen LogP contribution < -0.4 is 0 Å². The molecular weight excluding hydrogens is 275 g/mol. The summed E-state index contributed by atoms with van der Waals surface area (Å²) in [5, 5.41) is 9.38. The van der Waals surface area contributed by atoms with Crippen molar-refractivity contribution in [1.82, 2.24) is 19.5 Å². The maximum Gasteiger partial charge on any atom is 0.168 e. The van der Waals surface area contributed by atoms with Gasteiger partial charge in [-0.25, -0.2) is 19.3 Å². The molecule has 1 aliphatic heterocycles. The molecule has 2 aromatic heterocycles. The summed E-state index contributed by atoms with van der Waals surface area (Å²) in [7, 11) is 0. The minimum Gasteiger partial charge on any atom is -0.394 e. The summed E-state index contributed by atoms with van der Waals surface area (Å²) in [6.45, 7) is 1.48. The zero-order chi connectivity index (χ0) is 13.6. The maximum atomic E-state index is 14.2. The van der Waals surface area contributed by atoms with Gasteiger partial charge < -0.3 is 9.84 Å². The first kappa shape index (κ1) is 12.7. The van der Waals surface area contributed by atoms with Gasteiger partial charge in [0.2, 0.25) is 0 Å². The number of aromatic nitrogens is 4. The van der Waals surface area contributed by atoms with E-state index in [4.69, 9.17) is 21.4 Å². The lowest BCUT2D eigenvalue weighted by Crippen LogP contribution is -2.21. The van der Waals surface area contributed by atoms with Gasteiger partial charge in [0.15, 0.2) is 23.2 Å². The van der Waals surface area contributed by atoms with Gasteiger partial charge >= 0.3 is 0 Å². The summed E-state index contributed by atoms with van der Waals surface area (Å²) in [5.41, 5.74) is 0.818. The quantitative estimate of drug-likeness (QED) is 0.844. The van der Waals surface area contributed by atoms with Gasteiger partial charge in [-0.2, -0.15) is 0 Å². The molecule has 0 radical (unpaired) electrons. The number of imidazole rings is 1. The molecule has 2 aromatic rings. The van der Waals surface area contributed by atoms with Crippen molar-refractivity contribution >= 4 is 22.8 Å². The molecule has 8 heteroatoms. The Morgan fingerprint density at radius 3 is 2.95 bits per heavy atom. The van der Waals surface area contributed by atoms with Crippen LogP contribution in [0.1, 0.15) is 13.2 Å². The number of rotatable bonds is 2. The smallest absolute Gasteiger partial charge is 0.168 e. The number of hydrogen-bond donors (Lipinski definition) is 1. The summed E-state index contributed by atoms with van der Waals surface area (Å²) in [5.74, 6) is -0.398. The molecule has 0 aliphatic carbocycles. The third-order valence-corrected chi connectivity index (χ3v) is 3.72. The fourth-order valence-corrected chi connectivity index (χ4v) is 2.46. The summed E-state index contributed by atoms with van der Waals surface area (Å²) in [6, 6.07) is 0. The molecule has 3 rings (SSSR count). The van der Waals surface area contributed by atoms with E-state index in [2.05, 4.69) is 15.0 Å². The van der Waals surface area contributed by atoms with Crippen LogP contribution in [0.15, 0.2) is 12.7 Å². The molecule has 0 amide bonds. The molecule has 1 saturated heterocycles. The van der Waals surface area contributed by atoms with Gasteiger partial charge in [-0.05, 0) is 0 Å². The van der Waals surface area contributed by atoms with Crippen LogP contribution >= 0.6 is 11.6 Å². The molecule has 0 aromatic carbocycles. The maximum absolute atomic E-state index is 14.2. The average molecular weight is 287 g/mol. The van der Waals surface area contributed by atoms with Crippen molar-refractivity contribution in [3.05, 3.63) is 17.8 Å². The van der Waals surface area contributed by atoms with Crippen LogP contribution in [0.5, 0.6) is 0 Å². The lowest BCUT2D eigenvalue weighted by molar-refractivity contribution is -0.0378. The van der Waals surface area contributed by atoms with Gasteiger partial charge in [0.1, 0.15) is 11.8 Å². The Balaban J connectivity index is 2.04. The van der Waals surface area contributed by atoms with Crippen molar-refractivity contribution in [3.8, 4) is 0 Å². The summed E-state index contributed by atoms with van der Waals surface area (Å²) >= 11 is 5.90. The van der Waals surface area contributed by atoms with E-state index in [1.165, 1.54) is 17.2 Å². The molecule has 3 heterocycles. The zero-order valence-corrected chi connectivity index (χ0v) is 10.8. The van der Waals surface area contributed by atoms with Crippen molar-refractivity contribution < 1.29 is 14.2 Å². The first-order valence-corrected chi connectivity index (χ1v) is 6.24. The van der Waals surface area contributed by atoms with Gasteiger partial charge in [0.25, 0.3) is 0 Å². The second kappa shape index (κ2) is 4.66. The van der Waals surface area contributed by atoms with E-state index in [9.17, 15) is 4.39 Å². The number of halogens is 2. The fraction of sp³-hybridized carbons (Fsp3) is 0.545. The van der Waals surface area contributed by atoms with Gasteiger partial charge in [0.05, 0.1) is 19.0 Å². The number of aliphatic hydroxyl groups excluding tert-OH is 1. The highest BCUT2D eigenvalue weighted by Gasteiger charge is 2.43. The highest BCUT2D eigenvalue weighted by Crippen LogP contribution is 2.37. The molecule has 0 unspecified atom stereocenters. The highest BCUT2D eigenvalue weighted by atomic mass is 35.5. The number of nitrogens with zero attached hydrogens (tertiary/aromatic N) is 4. The Labute approximate surface area is 113 Å². The van der Waals surface area contributed by atoms with E-state index >= 15 is 0 Å². The largest absolute Gasteiger partial charge is 0.394 e. The highest BCUT2D eigenvalue weighted by molar-refractivity contribution is 6.33. The van der Waals surface area contributed by atoms with Crippen LogP contribution in [0, 0.1) is 5.92 Å². The third-order valence-electron chi connectivity index (χ3n) is 3.44. The first-order valence-electron chi connectivity index (χ1n) is 5.87. The molecule has 4 atom stereocenters. The zero-order valence-electron chi connectivity index (χ0n) is 10.1. The lowest BCUT2D eigenvalue weighted by atomic mass is 10.0. The predicted octanol–water partition coefficient (Wildman–Crippen LogP) is 1.34. The molecule has 0 bridgehead atoms. The molecule has 1 N–H and O–H groups in total. The molecule has 19 heavy (non-hydrogen) atoms. The summed E-state index contributed by atoms with van der Waals surface area (Å²) < 4.78 is 21.3. The van der Waals surface area contributed by atoms with E-state index in [1.807, 2.05) is 0 Å². The van der Waals surface area contributed by atoms with Crippen molar-refractivity contribution in [3.63, 3.8) is 0 Å². The van der Waals surface area contributed by atoms with Crippen LogP contribution in [0.3, 0.4) is 0 Å². The first-order chi connectivity index (χ1) is 9.13. The Kier molecular flexibility index (Phi) is 3.12. The van der Waals surface area contributed by atoms with Crippen LogP contribution in [0.2, 0.25) is 5.15 Å². The number of aliphatic hydroxyl groups is 1. The van der Waals surface area contributed by atoms with Gasteiger partial charge in [-0.15, -0.1) is 0 Å². The minimum atomic E-state index is -1.25. The second-order valence-electron chi connectivity index (χ2n) is 4.54. The number of alkyl halides is 1. The topological polar surface area (TPSA) is 73.1 Å². The SMILES string of the molecule is C[C@H]1[C@@H](F)[C@H](n2cnc3c(Cl)ncnc32)O[C@@H]1CO. The van der Waals surface area contributed by atoms with Crippen molar-refractivity contribution in [2.24, 2.45) is 5.92 Å². The predicted molar refractivity (Wildman–Crippen MR) is 65.4 cm³/mol. The standard InChI is InChI=1S/C11H12ClFN4O2/c1-5-6(2-18)19-11(7(5)13)17-4-16-8-9(12)14-3-15-10(8)17/h3-7,11,18H,2H2,1H3/t5-,6-,7-,11-/m1/s1. The molecule has 1 aliphatic rings.